The van der Waals surface area contributed by atoms with Crippen molar-refractivity contribution in [3.63, 3.8) is 0 Å². The Balaban J connectivity index is 1.59. The van der Waals surface area contributed by atoms with Crippen molar-refractivity contribution in [3.05, 3.63) is 42.2 Å². The SMILES string of the molecule is CC(C)Nc1ccc(C(=O)N2CCN(c3ccccn3)CC2)nn1. The van der Waals surface area contributed by atoms with Crippen LogP contribution < -0.4 is 10.2 Å². The van der Waals surface area contributed by atoms with Gasteiger partial charge in [0.15, 0.2) is 5.69 Å². The molecule has 0 aliphatic carbocycles. The Morgan fingerprint density at radius 3 is 2.46 bits per heavy atom. The third kappa shape index (κ3) is 3.79. The molecule has 1 amide bonds. The van der Waals surface area contributed by atoms with Crippen molar-refractivity contribution in [2.45, 2.75) is 19.9 Å². The fourth-order valence-electron chi connectivity index (χ4n) is 2.66. The first-order valence-corrected chi connectivity index (χ1v) is 8.19. The fraction of sp³-hybridized carbons (Fsp3) is 0.412. The second kappa shape index (κ2) is 7.25. The summed E-state index contributed by atoms with van der Waals surface area (Å²) in [6, 6.07) is 9.67. The van der Waals surface area contributed by atoms with Gasteiger partial charge in [0.25, 0.3) is 5.91 Å². The highest BCUT2D eigenvalue weighted by Gasteiger charge is 2.23. The molecule has 2 aromatic heterocycles. The molecule has 3 heterocycles. The molecule has 1 saturated heterocycles. The standard InChI is InChI=1S/C17H22N6O/c1-13(2)19-15-7-6-14(20-21-15)17(24)23-11-9-22(10-12-23)16-5-3-4-8-18-16/h3-8,13H,9-12H2,1-2H3,(H,19,21). The van der Waals surface area contributed by atoms with E-state index in [-0.39, 0.29) is 11.9 Å². The molecule has 1 aliphatic heterocycles. The lowest BCUT2D eigenvalue weighted by Gasteiger charge is -2.35. The second-order valence-corrected chi connectivity index (χ2v) is 6.07. The minimum Gasteiger partial charge on any atom is -0.366 e. The van der Waals surface area contributed by atoms with Crippen LogP contribution in [0.1, 0.15) is 24.3 Å². The largest absolute Gasteiger partial charge is 0.366 e. The van der Waals surface area contributed by atoms with Crippen LogP contribution in [0.5, 0.6) is 0 Å². The van der Waals surface area contributed by atoms with E-state index < -0.39 is 0 Å². The Bertz CT molecular complexity index is 665. The van der Waals surface area contributed by atoms with Crippen LogP contribution in [-0.2, 0) is 0 Å². The van der Waals surface area contributed by atoms with Gasteiger partial charge in [-0.1, -0.05) is 6.07 Å². The van der Waals surface area contributed by atoms with E-state index in [2.05, 4.69) is 25.4 Å². The van der Waals surface area contributed by atoms with E-state index in [9.17, 15) is 4.79 Å². The van der Waals surface area contributed by atoms with Crippen molar-refractivity contribution in [3.8, 4) is 0 Å². The maximum absolute atomic E-state index is 12.5. The Hall–Kier alpha value is -2.70. The van der Waals surface area contributed by atoms with E-state index in [0.717, 1.165) is 18.9 Å². The van der Waals surface area contributed by atoms with Crippen molar-refractivity contribution in [2.75, 3.05) is 36.4 Å². The number of piperazine rings is 1. The molecule has 126 valence electrons. The number of hydrogen-bond donors (Lipinski definition) is 1. The van der Waals surface area contributed by atoms with Gasteiger partial charge in [-0.05, 0) is 38.1 Å². The fourth-order valence-corrected chi connectivity index (χ4v) is 2.66. The van der Waals surface area contributed by atoms with E-state index in [1.165, 1.54) is 0 Å². The van der Waals surface area contributed by atoms with Gasteiger partial charge in [0, 0.05) is 38.4 Å². The molecular weight excluding hydrogens is 304 g/mol. The lowest BCUT2D eigenvalue weighted by atomic mass is 10.2. The molecule has 0 saturated carbocycles. The number of hydrogen-bond acceptors (Lipinski definition) is 6. The van der Waals surface area contributed by atoms with Gasteiger partial charge < -0.3 is 15.1 Å². The summed E-state index contributed by atoms with van der Waals surface area (Å²) >= 11 is 0. The van der Waals surface area contributed by atoms with Gasteiger partial charge in [-0.3, -0.25) is 4.79 Å². The molecule has 0 unspecified atom stereocenters. The van der Waals surface area contributed by atoms with Gasteiger partial charge >= 0.3 is 0 Å². The van der Waals surface area contributed by atoms with Crippen molar-refractivity contribution < 1.29 is 4.79 Å². The Morgan fingerprint density at radius 2 is 1.88 bits per heavy atom. The minimum absolute atomic E-state index is 0.0701. The normalized spacial score (nSPS) is 14.8. The predicted octanol–water partition coefficient (Wildman–Crippen LogP) is 1.65. The lowest BCUT2D eigenvalue weighted by molar-refractivity contribution is 0.0739. The van der Waals surface area contributed by atoms with Crippen molar-refractivity contribution >= 4 is 17.5 Å². The average molecular weight is 326 g/mol. The molecule has 3 rings (SSSR count). The first kappa shape index (κ1) is 16.2. The summed E-state index contributed by atoms with van der Waals surface area (Å²) in [4.78, 5) is 20.9. The first-order valence-electron chi connectivity index (χ1n) is 8.19. The molecule has 1 fully saturated rings. The van der Waals surface area contributed by atoms with Crippen LogP contribution in [-0.4, -0.2) is 58.2 Å². The monoisotopic (exact) mass is 326 g/mol. The zero-order chi connectivity index (χ0) is 16.9. The van der Waals surface area contributed by atoms with E-state index in [0.29, 0.717) is 24.6 Å². The van der Waals surface area contributed by atoms with Crippen LogP contribution in [0.2, 0.25) is 0 Å². The van der Waals surface area contributed by atoms with Crippen LogP contribution in [0.25, 0.3) is 0 Å². The predicted molar refractivity (Wildman–Crippen MR) is 93.1 cm³/mol. The number of nitrogens with zero attached hydrogens (tertiary/aromatic N) is 5. The van der Waals surface area contributed by atoms with E-state index >= 15 is 0 Å². The van der Waals surface area contributed by atoms with Crippen molar-refractivity contribution in [1.82, 2.24) is 20.1 Å². The highest BCUT2D eigenvalue weighted by Crippen LogP contribution is 2.14. The average Bonchev–Trinajstić information content (AvgIpc) is 2.62. The number of pyridine rings is 1. The third-order valence-corrected chi connectivity index (χ3v) is 3.86. The number of nitrogens with one attached hydrogen (secondary N) is 1. The zero-order valence-corrected chi connectivity index (χ0v) is 14.0. The number of anilines is 2. The first-order chi connectivity index (χ1) is 11.6. The Labute approximate surface area is 141 Å². The quantitative estimate of drug-likeness (QED) is 0.921. The van der Waals surface area contributed by atoms with E-state index in [4.69, 9.17) is 0 Å². The van der Waals surface area contributed by atoms with Crippen LogP contribution in [0.15, 0.2) is 36.5 Å². The second-order valence-electron chi connectivity index (χ2n) is 6.07. The maximum atomic E-state index is 12.5. The van der Waals surface area contributed by atoms with Gasteiger partial charge in [-0.25, -0.2) is 4.98 Å². The maximum Gasteiger partial charge on any atom is 0.274 e. The van der Waals surface area contributed by atoms with Gasteiger partial charge in [-0.15, -0.1) is 10.2 Å². The molecule has 1 aliphatic rings. The number of carbonyl (C=O) groups is 1. The van der Waals surface area contributed by atoms with Crippen LogP contribution in [0, 0.1) is 0 Å². The molecule has 0 radical (unpaired) electrons. The molecule has 0 bridgehead atoms. The lowest BCUT2D eigenvalue weighted by Crippen LogP contribution is -2.49. The molecule has 0 atom stereocenters. The van der Waals surface area contributed by atoms with Crippen molar-refractivity contribution in [1.29, 1.82) is 0 Å². The number of amides is 1. The summed E-state index contributed by atoms with van der Waals surface area (Å²) in [5.41, 5.74) is 0.385. The highest BCUT2D eigenvalue weighted by atomic mass is 16.2. The summed E-state index contributed by atoms with van der Waals surface area (Å²) < 4.78 is 0. The van der Waals surface area contributed by atoms with Crippen LogP contribution >= 0.6 is 0 Å². The molecule has 24 heavy (non-hydrogen) atoms. The van der Waals surface area contributed by atoms with Gasteiger partial charge in [0.05, 0.1) is 0 Å². The minimum atomic E-state index is -0.0701. The smallest absolute Gasteiger partial charge is 0.274 e. The molecular formula is C17H22N6O. The van der Waals surface area contributed by atoms with Gasteiger partial charge in [-0.2, -0.15) is 0 Å². The van der Waals surface area contributed by atoms with E-state index in [1.54, 1.807) is 18.3 Å². The molecule has 0 aromatic carbocycles. The summed E-state index contributed by atoms with van der Waals surface area (Å²) in [5, 5.41) is 11.3. The molecule has 0 spiro atoms. The third-order valence-electron chi connectivity index (χ3n) is 3.86. The summed E-state index contributed by atoms with van der Waals surface area (Å²) in [6.45, 7) is 6.90. The Kier molecular flexibility index (Phi) is 4.88. The van der Waals surface area contributed by atoms with E-state index in [1.807, 2.05) is 36.9 Å². The molecule has 7 nitrogen and oxygen atoms in total. The number of aromatic nitrogens is 3. The zero-order valence-electron chi connectivity index (χ0n) is 14.0. The summed E-state index contributed by atoms with van der Waals surface area (Å²) in [7, 11) is 0. The summed E-state index contributed by atoms with van der Waals surface area (Å²) in [6.07, 6.45) is 1.79. The van der Waals surface area contributed by atoms with Crippen LogP contribution in [0.3, 0.4) is 0 Å². The van der Waals surface area contributed by atoms with Gasteiger partial charge in [0.1, 0.15) is 11.6 Å². The highest BCUT2D eigenvalue weighted by molar-refractivity contribution is 5.92. The number of rotatable bonds is 4. The Morgan fingerprint density at radius 1 is 1.08 bits per heavy atom. The molecule has 2 aromatic rings. The molecule has 7 heteroatoms. The summed E-state index contributed by atoms with van der Waals surface area (Å²) in [5.74, 6) is 1.56. The number of carbonyl (C=O) groups excluding carboxylic acids is 1. The molecule has 1 N–H and O–H groups in total. The van der Waals surface area contributed by atoms with Crippen molar-refractivity contribution in [2.24, 2.45) is 0 Å². The van der Waals surface area contributed by atoms with Gasteiger partial charge in [0.2, 0.25) is 0 Å². The topological polar surface area (TPSA) is 74.2 Å². The van der Waals surface area contributed by atoms with Crippen LogP contribution in [0.4, 0.5) is 11.6 Å².